The average molecular weight is 306 g/mol. The van der Waals surface area contributed by atoms with Crippen molar-refractivity contribution in [2.75, 3.05) is 20.1 Å². The smallest absolute Gasteiger partial charge is 0.317 e. The third kappa shape index (κ3) is 5.22. The van der Waals surface area contributed by atoms with Crippen molar-refractivity contribution in [3.05, 3.63) is 29.8 Å². The van der Waals surface area contributed by atoms with Crippen molar-refractivity contribution < 1.29 is 14.6 Å². The first-order chi connectivity index (χ1) is 10.5. The molecule has 1 aliphatic rings. The van der Waals surface area contributed by atoms with E-state index >= 15 is 0 Å². The van der Waals surface area contributed by atoms with E-state index in [0.717, 1.165) is 24.2 Å². The number of carbonyl (C=O) groups excluding carboxylic acids is 1. The number of benzene rings is 1. The molecule has 0 saturated heterocycles. The molecule has 0 heterocycles. The molecule has 122 valence electrons. The molecular formula is C17H26N2O3. The van der Waals surface area contributed by atoms with Crippen molar-refractivity contribution in [3.63, 3.8) is 0 Å². The molecule has 2 atom stereocenters. The lowest BCUT2D eigenvalue weighted by Crippen LogP contribution is -2.44. The number of aryl methyl sites for hydroxylation is 1. The van der Waals surface area contributed by atoms with Gasteiger partial charge in [-0.3, -0.25) is 0 Å². The Labute approximate surface area is 132 Å². The van der Waals surface area contributed by atoms with Crippen molar-refractivity contribution >= 4 is 6.03 Å². The molecule has 0 bridgehead atoms. The number of nitrogens with zero attached hydrogens (tertiary/aromatic N) is 1. The maximum absolute atomic E-state index is 12.0. The third-order valence-corrected chi connectivity index (χ3v) is 3.84. The summed E-state index contributed by atoms with van der Waals surface area (Å²) in [4.78, 5) is 13.5. The van der Waals surface area contributed by atoms with E-state index in [1.807, 2.05) is 38.1 Å². The standard InChI is InChI=1S/C17H26N2O3/c1-12-5-4-6-15(9-12)22-13(2)10-18-17(21)19(3)11-16(20)14-7-8-14/h4-6,9,13-14,16,20H,7-8,10-11H2,1-3H3,(H,18,21). The summed E-state index contributed by atoms with van der Waals surface area (Å²) < 4.78 is 5.77. The van der Waals surface area contributed by atoms with Gasteiger partial charge in [-0.1, -0.05) is 12.1 Å². The van der Waals surface area contributed by atoms with Crippen LogP contribution in [0.15, 0.2) is 24.3 Å². The van der Waals surface area contributed by atoms with Crippen LogP contribution in [0.3, 0.4) is 0 Å². The number of hydrogen-bond acceptors (Lipinski definition) is 3. The second-order valence-corrected chi connectivity index (χ2v) is 6.22. The van der Waals surface area contributed by atoms with Crippen LogP contribution in [0.2, 0.25) is 0 Å². The fourth-order valence-corrected chi connectivity index (χ4v) is 2.32. The lowest BCUT2D eigenvalue weighted by Gasteiger charge is -2.22. The Kier molecular flexibility index (Phi) is 5.66. The van der Waals surface area contributed by atoms with Gasteiger partial charge in [0.1, 0.15) is 11.9 Å². The summed E-state index contributed by atoms with van der Waals surface area (Å²) in [7, 11) is 1.70. The average Bonchev–Trinajstić information content (AvgIpc) is 3.29. The third-order valence-electron chi connectivity index (χ3n) is 3.84. The normalized spacial score (nSPS) is 16.7. The Hall–Kier alpha value is -1.75. The molecule has 0 aliphatic heterocycles. The van der Waals surface area contributed by atoms with Crippen LogP contribution in [0.25, 0.3) is 0 Å². The SMILES string of the molecule is Cc1cccc(OC(C)CNC(=O)N(C)CC(O)C2CC2)c1. The van der Waals surface area contributed by atoms with Crippen molar-refractivity contribution in [3.8, 4) is 5.75 Å². The lowest BCUT2D eigenvalue weighted by atomic mass is 10.2. The van der Waals surface area contributed by atoms with Crippen LogP contribution in [0, 0.1) is 12.8 Å². The minimum Gasteiger partial charge on any atom is -0.489 e. The summed E-state index contributed by atoms with van der Waals surface area (Å²) in [5, 5.41) is 12.7. The van der Waals surface area contributed by atoms with Crippen LogP contribution in [0.4, 0.5) is 4.79 Å². The highest BCUT2D eigenvalue weighted by Gasteiger charge is 2.31. The number of nitrogens with one attached hydrogen (secondary N) is 1. The predicted octanol–water partition coefficient (Wildman–Crippen LogP) is 2.17. The van der Waals surface area contributed by atoms with E-state index in [4.69, 9.17) is 4.74 Å². The van der Waals surface area contributed by atoms with Crippen LogP contribution in [0.5, 0.6) is 5.75 Å². The molecule has 5 heteroatoms. The maximum Gasteiger partial charge on any atom is 0.317 e. The summed E-state index contributed by atoms with van der Waals surface area (Å²) in [6.07, 6.45) is 1.61. The van der Waals surface area contributed by atoms with Gasteiger partial charge in [-0.25, -0.2) is 4.79 Å². The van der Waals surface area contributed by atoms with E-state index in [1.165, 1.54) is 4.90 Å². The molecule has 1 aromatic rings. The van der Waals surface area contributed by atoms with Crippen LogP contribution >= 0.6 is 0 Å². The molecule has 5 nitrogen and oxygen atoms in total. The minimum atomic E-state index is -0.406. The highest BCUT2D eigenvalue weighted by Crippen LogP contribution is 2.32. The van der Waals surface area contributed by atoms with Gasteiger partial charge in [0.2, 0.25) is 0 Å². The Bertz CT molecular complexity index is 502. The van der Waals surface area contributed by atoms with Crippen LogP contribution in [0.1, 0.15) is 25.3 Å². The number of carbonyl (C=O) groups is 1. The van der Waals surface area contributed by atoms with Gasteiger partial charge in [-0.2, -0.15) is 0 Å². The van der Waals surface area contributed by atoms with Crippen molar-refractivity contribution in [2.24, 2.45) is 5.92 Å². The summed E-state index contributed by atoms with van der Waals surface area (Å²) >= 11 is 0. The fourth-order valence-electron chi connectivity index (χ4n) is 2.32. The zero-order chi connectivity index (χ0) is 16.1. The number of aliphatic hydroxyl groups excluding tert-OH is 1. The van der Waals surface area contributed by atoms with Gasteiger partial charge in [-0.15, -0.1) is 0 Å². The molecule has 2 unspecified atom stereocenters. The molecule has 2 N–H and O–H groups in total. The molecule has 0 radical (unpaired) electrons. The van der Waals surface area contributed by atoms with E-state index < -0.39 is 6.10 Å². The molecule has 2 rings (SSSR count). The number of ether oxygens (including phenoxy) is 1. The molecule has 22 heavy (non-hydrogen) atoms. The quantitative estimate of drug-likeness (QED) is 0.811. The Balaban J connectivity index is 1.70. The first kappa shape index (κ1) is 16.6. The van der Waals surface area contributed by atoms with Gasteiger partial charge < -0.3 is 20.1 Å². The minimum absolute atomic E-state index is 0.118. The van der Waals surface area contributed by atoms with E-state index in [-0.39, 0.29) is 12.1 Å². The summed E-state index contributed by atoms with van der Waals surface area (Å²) in [5.41, 5.74) is 1.14. The summed E-state index contributed by atoms with van der Waals surface area (Å²) in [5.74, 6) is 1.18. The Morgan fingerprint density at radius 1 is 1.50 bits per heavy atom. The first-order valence-corrected chi connectivity index (χ1v) is 7.86. The van der Waals surface area contributed by atoms with Crippen molar-refractivity contribution in [1.29, 1.82) is 0 Å². The highest BCUT2D eigenvalue weighted by molar-refractivity contribution is 5.73. The second kappa shape index (κ2) is 7.49. The largest absolute Gasteiger partial charge is 0.489 e. The predicted molar refractivity (Wildman–Crippen MR) is 86.0 cm³/mol. The topological polar surface area (TPSA) is 61.8 Å². The monoisotopic (exact) mass is 306 g/mol. The van der Waals surface area contributed by atoms with Crippen LogP contribution in [-0.4, -0.2) is 48.4 Å². The molecule has 2 amide bonds. The van der Waals surface area contributed by atoms with E-state index in [9.17, 15) is 9.90 Å². The van der Waals surface area contributed by atoms with Crippen molar-refractivity contribution in [1.82, 2.24) is 10.2 Å². The zero-order valence-corrected chi connectivity index (χ0v) is 13.6. The molecular weight excluding hydrogens is 280 g/mol. The highest BCUT2D eigenvalue weighted by atomic mass is 16.5. The van der Waals surface area contributed by atoms with Gasteiger partial charge in [-0.05, 0) is 50.3 Å². The second-order valence-electron chi connectivity index (χ2n) is 6.22. The van der Waals surface area contributed by atoms with Gasteiger partial charge in [0.25, 0.3) is 0 Å². The molecule has 0 aromatic heterocycles. The number of aliphatic hydroxyl groups is 1. The van der Waals surface area contributed by atoms with Crippen LogP contribution in [-0.2, 0) is 0 Å². The first-order valence-electron chi connectivity index (χ1n) is 7.86. The molecule has 1 aromatic carbocycles. The lowest BCUT2D eigenvalue weighted by molar-refractivity contribution is 0.112. The molecule has 1 fully saturated rings. The van der Waals surface area contributed by atoms with E-state index in [1.54, 1.807) is 7.05 Å². The number of urea groups is 1. The fraction of sp³-hybridized carbons (Fsp3) is 0.588. The van der Waals surface area contributed by atoms with Gasteiger partial charge in [0.05, 0.1) is 12.6 Å². The summed E-state index contributed by atoms with van der Waals surface area (Å²) in [6.45, 7) is 4.74. The molecule has 0 spiro atoms. The van der Waals surface area contributed by atoms with E-state index in [2.05, 4.69) is 5.32 Å². The number of hydrogen-bond donors (Lipinski definition) is 2. The van der Waals surface area contributed by atoms with Gasteiger partial charge in [0.15, 0.2) is 0 Å². The van der Waals surface area contributed by atoms with Gasteiger partial charge >= 0.3 is 6.03 Å². The molecule has 1 saturated carbocycles. The number of amides is 2. The number of likely N-dealkylation sites (N-methyl/N-ethyl adjacent to an activating group) is 1. The maximum atomic E-state index is 12.0. The van der Waals surface area contributed by atoms with Crippen LogP contribution < -0.4 is 10.1 Å². The molecule has 1 aliphatic carbocycles. The number of rotatable bonds is 7. The Morgan fingerprint density at radius 3 is 2.86 bits per heavy atom. The van der Waals surface area contributed by atoms with Crippen molar-refractivity contribution in [2.45, 2.75) is 38.9 Å². The zero-order valence-electron chi connectivity index (χ0n) is 13.6. The summed E-state index contributed by atoms with van der Waals surface area (Å²) in [6, 6.07) is 7.65. The Morgan fingerprint density at radius 2 is 2.23 bits per heavy atom. The van der Waals surface area contributed by atoms with E-state index in [0.29, 0.717) is 19.0 Å². The van der Waals surface area contributed by atoms with Gasteiger partial charge in [0, 0.05) is 13.6 Å².